The van der Waals surface area contributed by atoms with Gasteiger partial charge in [-0.25, -0.2) is 0 Å². The second-order valence-electron chi connectivity index (χ2n) is 4.02. The predicted molar refractivity (Wildman–Crippen MR) is 65.0 cm³/mol. The molecule has 16 heavy (non-hydrogen) atoms. The van der Waals surface area contributed by atoms with E-state index in [0.717, 1.165) is 25.9 Å². The van der Waals surface area contributed by atoms with Crippen molar-refractivity contribution in [3.8, 4) is 0 Å². The van der Waals surface area contributed by atoms with Crippen LogP contribution in [0.5, 0.6) is 0 Å². The van der Waals surface area contributed by atoms with Gasteiger partial charge in [0.25, 0.3) is 5.91 Å². The van der Waals surface area contributed by atoms with Gasteiger partial charge in [0.1, 0.15) is 0 Å². The third-order valence-electron chi connectivity index (χ3n) is 2.94. The molecule has 0 unspecified atom stereocenters. The molecule has 0 aliphatic carbocycles. The zero-order chi connectivity index (χ0) is 11.5. The van der Waals surface area contributed by atoms with Gasteiger partial charge in [0.05, 0.1) is 9.21 Å². The molecule has 1 aromatic rings. The lowest BCUT2D eigenvalue weighted by molar-refractivity contribution is 0.0655. The third kappa shape index (κ3) is 2.56. The molecule has 1 aliphatic rings. The van der Waals surface area contributed by atoms with Crippen molar-refractivity contribution in [2.75, 3.05) is 19.7 Å². The average Bonchev–Trinajstić information content (AvgIpc) is 2.75. The van der Waals surface area contributed by atoms with E-state index in [4.69, 9.17) is 16.7 Å². The number of rotatable bonds is 2. The highest BCUT2D eigenvalue weighted by molar-refractivity contribution is 7.17. The van der Waals surface area contributed by atoms with Crippen LogP contribution in [-0.4, -0.2) is 35.6 Å². The van der Waals surface area contributed by atoms with Crippen LogP contribution in [0.25, 0.3) is 0 Å². The van der Waals surface area contributed by atoms with Crippen LogP contribution in [0.3, 0.4) is 0 Å². The average molecular weight is 260 g/mol. The molecule has 1 aliphatic heterocycles. The maximum Gasteiger partial charge on any atom is 0.263 e. The monoisotopic (exact) mass is 259 g/mol. The van der Waals surface area contributed by atoms with Crippen molar-refractivity contribution in [1.29, 1.82) is 0 Å². The Morgan fingerprint density at radius 1 is 1.50 bits per heavy atom. The van der Waals surface area contributed by atoms with E-state index >= 15 is 0 Å². The quantitative estimate of drug-likeness (QED) is 0.885. The Hall–Kier alpha value is -0.580. The summed E-state index contributed by atoms with van der Waals surface area (Å²) in [6.45, 7) is 1.70. The Labute approximate surface area is 104 Å². The summed E-state index contributed by atoms with van der Waals surface area (Å²) < 4.78 is 0.647. The normalized spacial score (nSPS) is 17.8. The van der Waals surface area contributed by atoms with Crippen molar-refractivity contribution < 1.29 is 9.90 Å². The van der Waals surface area contributed by atoms with Crippen LogP contribution in [0.15, 0.2) is 12.1 Å². The van der Waals surface area contributed by atoms with Crippen LogP contribution in [0.2, 0.25) is 4.34 Å². The highest BCUT2D eigenvalue weighted by Crippen LogP contribution is 2.25. The number of amides is 1. The molecule has 88 valence electrons. The van der Waals surface area contributed by atoms with Gasteiger partial charge in [0, 0.05) is 19.7 Å². The Kier molecular flexibility index (Phi) is 3.84. The molecule has 0 saturated carbocycles. The van der Waals surface area contributed by atoms with Crippen molar-refractivity contribution in [3.63, 3.8) is 0 Å². The number of piperidine rings is 1. The van der Waals surface area contributed by atoms with Crippen molar-refractivity contribution >= 4 is 28.8 Å². The van der Waals surface area contributed by atoms with Gasteiger partial charge in [-0.3, -0.25) is 4.79 Å². The number of carbonyl (C=O) groups excluding carboxylic acids is 1. The summed E-state index contributed by atoms with van der Waals surface area (Å²) in [6, 6.07) is 3.52. The first-order chi connectivity index (χ1) is 7.70. The Bertz CT molecular complexity index is 372. The van der Waals surface area contributed by atoms with Crippen LogP contribution in [0.4, 0.5) is 0 Å². The molecule has 1 N–H and O–H groups in total. The van der Waals surface area contributed by atoms with Gasteiger partial charge < -0.3 is 10.0 Å². The summed E-state index contributed by atoms with van der Waals surface area (Å²) in [7, 11) is 0. The Balaban J connectivity index is 1.96. The van der Waals surface area contributed by atoms with Crippen LogP contribution in [0, 0.1) is 5.92 Å². The standard InChI is InChI=1S/C11H14ClNO2S/c12-10-2-1-9(16-10)11(15)13-5-3-8(7-14)4-6-13/h1-2,8,14H,3-7H2. The fourth-order valence-electron chi connectivity index (χ4n) is 1.90. The van der Waals surface area contributed by atoms with Crippen molar-refractivity contribution in [1.82, 2.24) is 4.90 Å². The number of hydrogen-bond acceptors (Lipinski definition) is 3. The summed E-state index contributed by atoms with van der Waals surface area (Å²) >= 11 is 7.12. The SMILES string of the molecule is O=C(c1ccc(Cl)s1)N1CCC(CO)CC1. The number of aliphatic hydroxyl groups excluding tert-OH is 1. The largest absolute Gasteiger partial charge is 0.396 e. The van der Waals surface area contributed by atoms with Crippen molar-refractivity contribution in [3.05, 3.63) is 21.3 Å². The minimum absolute atomic E-state index is 0.0632. The number of aliphatic hydroxyl groups is 1. The topological polar surface area (TPSA) is 40.5 Å². The fraction of sp³-hybridized carbons (Fsp3) is 0.545. The molecule has 1 fully saturated rings. The van der Waals surface area contributed by atoms with E-state index < -0.39 is 0 Å². The molecule has 2 heterocycles. The highest BCUT2D eigenvalue weighted by Gasteiger charge is 2.23. The summed E-state index contributed by atoms with van der Waals surface area (Å²) in [5.41, 5.74) is 0. The predicted octanol–water partition coefficient (Wildman–Crippen LogP) is 2.25. The van der Waals surface area contributed by atoms with Gasteiger partial charge in [-0.1, -0.05) is 11.6 Å². The van der Waals surface area contributed by atoms with E-state index in [9.17, 15) is 4.79 Å². The lowest BCUT2D eigenvalue weighted by Gasteiger charge is -2.30. The second-order valence-corrected chi connectivity index (χ2v) is 5.74. The van der Waals surface area contributed by atoms with Crippen molar-refractivity contribution in [2.45, 2.75) is 12.8 Å². The first-order valence-electron chi connectivity index (χ1n) is 5.36. The van der Waals surface area contributed by atoms with Gasteiger partial charge in [-0.05, 0) is 30.9 Å². The molecule has 0 radical (unpaired) electrons. The van der Waals surface area contributed by atoms with Crippen LogP contribution < -0.4 is 0 Å². The molecule has 1 aromatic heterocycles. The molecular formula is C11H14ClNO2S. The highest BCUT2D eigenvalue weighted by atomic mass is 35.5. The summed E-state index contributed by atoms with van der Waals surface area (Å²) in [5, 5.41) is 9.02. The molecule has 1 amide bonds. The molecule has 2 rings (SSSR count). The van der Waals surface area contributed by atoms with Crippen LogP contribution in [0.1, 0.15) is 22.5 Å². The summed E-state index contributed by atoms with van der Waals surface area (Å²) in [4.78, 5) is 14.6. The van der Waals surface area contributed by atoms with E-state index in [-0.39, 0.29) is 12.5 Å². The van der Waals surface area contributed by atoms with E-state index in [1.54, 1.807) is 12.1 Å². The fourth-order valence-corrected chi connectivity index (χ4v) is 2.91. The molecular weight excluding hydrogens is 246 g/mol. The maximum atomic E-state index is 12.0. The molecule has 0 spiro atoms. The lowest BCUT2D eigenvalue weighted by atomic mass is 9.98. The summed E-state index contributed by atoms with van der Waals surface area (Å²) in [6.07, 6.45) is 1.78. The van der Waals surface area contributed by atoms with Crippen molar-refractivity contribution in [2.24, 2.45) is 5.92 Å². The van der Waals surface area contributed by atoms with Gasteiger partial charge in [-0.2, -0.15) is 0 Å². The van der Waals surface area contributed by atoms with Gasteiger partial charge >= 0.3 is 0 Å². The van der Waals surface area contributed by atoms with Gasteiger partial charge in [0.15, 0.2) is 0 Å². The minimum atomic E-state index is 0.0632. The van der Waals surface area contributed by atoms with E-state index in [0.29, 0.717) is 15.1 Å². The zero-order valence-electron chi connectivity index (χ0n) is 8.86. The number of nitrogens with zero attached hydrogens (tertiary/aromatic N) is 1. The zero-order valence-corrected chi connectivity index (χ0v) is 10.4. The van der Waals surface area contributed by atoms with Crippen LogP contribution in [-0.2, 0) is 0 Å². The van der Waals surface area contributed by atoms with E-state index in [1.165, 1.54) is 11.3 Å². The number of likely N-dealkylation sites (tertiary alicyclic amines) is 1. The minimum Gasteiger partial charge on any atom is -0.396 e. The van der Waals surface area contributed by atoms with E-state index in [1.807, 2.05) is 4.90 Å². The number of thiophene rings is 1. The molecule has 5 heteroatoms. The third-order valence-corrected chi connectivity index (χ3v) is 4.16. The summed E-state index contributed by atoms with van der Waals surface area (Å²) in [5.74, 6) is 0.421. The van der Waals surface area contributed by atoms with E-state index in [2.05, 4.69) is 0 Å². The first kappa shape index (κ1) is 11.9. The smallest absolute Gasteiger partial charge is 0.263 e. The number of halogens is 1. The lowest BCUT2D eigenvalue weighted by Crippen LogP contribution is -2.38. The molecule has 0 atom stereocenters. The number of hydrogen-bond donors (Lipinski definition) is 1. The molecule has 0 aromatic carbocycles. The molecule has 3 nitrogen and oxygen atoms in total. The van der Waals surface area contributed by atoms with Gasteiger partial charge in [-0.15, -0.1) is 11.3 Å². The Morgan fingerprint density at radius 2 is 2.19 bits per heavy atom. The molecule has 0 bridgehead atoms. The van der Waals surface area contributed by atoms with Crippen LogP contribution >= 0.6 is 22.9 Å². The Morgan fingerprint density at radius 3 is 2.69 bits per heavy atom. The second kappa shape index (κ2) is 5.17. The first-order valence-corrected chi connectivity index (χ1v) is 6.55. The number of carbonyl (C=O) groups is 1. The maximum absolute atomic E-state index is 12.0. The van der Waals surface area contributed by atoms with Gasteiger partial charge in [0.2, 0.25) is 0 Å². The molecule has 1 saturated heterocycles.